The van der Waals surface area contributed by atoms with Crippen molar-refractivity contribution in [2.24, 2.45) is 5.92 Å². The van der Waals surface area contributed by atoms with Gasteiger partial charge >= 0.3 is 0 Å². The van der Waals surface area contributed by atoms with Crippen LogP contribution in [0.3, 0.4) is 0 Å². The lowest BCUT2D eigenvalue weighted by Crippen LogP contribution is -2.29. The molecular formula is C22H27NO4S. The van der Waals surface area contributed by atoms with Crippen LogP contribution in [-0.2, 0) is 16.3 Å². The average molecular weight is 402 g/mol. The minimum Gasteiger partial charge on any atom is -0.490 e. The second kappa shape index (κ2) is 8.35. The highest BCUT2D eigenvalue weighted by Gasteiger charge is 2.29. The van der Waals surface area contributed by atoms with Crippen molar-refractivity contribution in [3.63, 3.8) is 0 Å². The first-order valence-electron chi connectivity index (χ1n) is 9.58. The molecule has 1 atom stereocenters. The van der Waals surface area contributed by atoms with Gasteiger partial charge in [-0.25, -0.2) is 8.42 Å². The van der Waals surface area contributed by atoms with E-state index in [0.717, 1.165) is 19.1 Å². The third-order valence-corrected chi connectivity index (χ3v) is 6.02. The Kier molecular flexibility index (Phi) is 6.08. The Hall–Kier alpha value is -2.34. The molecule has 0 aliphatic carbocycles. The molecule has 0 saturated carbocycles. The van der Waals surface area contributed by atoms with Crippen LogP contribution < -0.4 is 4.74 Å². The SMILES string of the molecule is CC(C)Oc1ccc(S(C)(=O)=O)cc1C(=O)N1CCC(Cc2ccccc2)C1. The highest BCUT2D eigenvalue weighted by atomic mass is 32.2. The summed E-state index contributed by atoms with van der Waals surface area (Å²) >= 11 is 0. The van der Waals surface area contributed by atoms with Gasteiger partial charge in [0.2, 0.25) is 0 Å². The molecule has 6 heteroatoms. The number of carbonyl (C=O) groups is 1. The van der Waals surface area contributed by atoms with Crippen LogP contribution in [0.1, 0.15) is 36.2 Å². The van der Waals surface area contributed by atoms with Crippen molar-refractivity contribution in [1.29, 1.82) is 0 Å². The van der Waals surface area contributed by atoms with E-state index in [4.69, 9.17) is 4.74 Å². The second-order valence-electron chi connectivity index (χ2n) is 7.69. The molecule has 0 radical (unpaired) electrons. The Morgan fingerprint density at radius 3 is 2.54 bits per heavy atom. The molecule has 1 fully saturated rings. The predicted octanol–water partition coefficient (Wildman–Crippen LogP) is 3.58. The maximum atomic E-state index is 13.2. The van der Waals surface area contributed by atoms with Crippen LogP contribution in [0.5, 0.6) is 5.75 Å². The lowest BCUT2D eigenvalue weighted by molar-refractivity contribution is 0.0780. The summed E-state index contributed by atoms with van der Waals surface area (Å²) in [5.41, 5.74) is 1.58. The monoisotopic (exact) mass is 401 g/mol. The maximum absolute atomic E-state index is 13.2. The summed E-state index contributed by atoms with van der Waals surface area (Å²) in [7, 11) is -3.41. The fraction of sp³-hybridized carbons (Fsp3) is 0.409. The quantitative estimate of drug-likeness (QED) is 0.742. The summed E-state index contributed by atoms with van der Waals surface area (Å²) in [5, 5.41) is 0. The van der Waals surface area contributed by atoms with E-state index in [9.17, 15) is 13.2 Å². The molecule has 150 valence electrons. The van der Waals surface area contributed by atoms with Gasteiger partial charge in [0.25, 0.3) is 5.91 Å². The molecule has 28 heavy (non-hydrogen) atoms. The average Bonchev–Trinajstić information content (AvgIpc) is 3.09. The van der Waals surface area contributed by atoms with Crippen molar-refractivity contribution < 1.29 is 17.9 Å². The summed E-state index contributed by atoms with van der Waals surface area (Å²) in [6, 6.07) is 14.8. The number of benzene rings is 2. The van der Waals surface area contributed by atoms with E-state index >= 15 is 0 Å². The number of nitrogens with zero attached hydrogens (tertiary/aromatic N) is 1. The molecule has 2 aromatic rings. The predicted molar refractivity (Wildman–Crippen MR) is 109 cm³/mol. The molecule has 3 rings (SSSR count). The first kappa shape index (κ1) is 20.4. The summed E-state index contributed by atoms with van der Waals surface area (Å²) in [6.07, 6.45) is 2.90. The number of carbonyl (C=O) groups excluding carboxylic acids is 1. The first-order valence-corrected chi connectivity index (χ1v) is 11.5. The van der Waals surface area contributed by atoms with Crippen LogP contribution in [-0.4, -0.2) is 44.7 Å². The molecule has 1 aliphatic rings. The van der Waals surface area contributed by atoms with E-state index in [1.54, 1.807) is 6.07 Å². The van der Waals surface area contributed by atoms with Gasteiger partial charge < -0.3 is 9.64 Å². The number of likely N-dealkylation sites (tertiary alicyclic amines) is 1. The van der Waals surface area contributed by atoms with Gasteiger partial charge in [-0.05, 0) is 56.4 Å². The largest absolute Gasteiger partial charge is 0.490 e. The molecule has 0 N–H and O–H groups in total. The van der Waals surface area contributed by atoms with Crippen molar-refractivity contribution in [3.05, 3.63) is 59.7 Å². The Bertz CT molecular complexity index is 938. The van der Waals surface area contributed by atoms with Gasteiger partial charge in [-0.15, -0.1) is 0 Å². The maximum Gasteiger partial charge on any atom is 0.257 e. The number of rotatable bonds is 6. The normalized spacial score (nSPS) is 17.1. The van der Waals surface area contributed by atoms with Crippen LogP contribution in [0.4, 0.5) is 0 Å². The van der Waals surface area contributed by atoms with Gasteiger partial charge in [0.15, 0.2) is 9.84 Å². The van der Waals surface area contributed by atoms with Gasteiger partial charge in [-0.3, -0.25) is 4.79 Å². The van der Waals surface area contributed by atoms with Gasteiger partial charge in [-0.2, -0.15) is 0 Å². The highest BCUT2D eigenvalue weighted by Crippen LogP contribution is 2.28. The van der Waals surface area contributed by atoms with Crippen molar-refractivity contribution in [2.75, 3.05) is 19.3 Å². The van der Waals surface area contributed by atoms with Gasteiger partial charge in [0, 0.05) is 19.3 Å². The Morgan fingerprint density at radius 2 is 1.89 bits per heavy atom. The molecule has 5 nitrogen and oxygen atoms in total. The molecule has 1 heterocycles. The molecule has 0 spiro atoms. The fourth-order valence-corrected chi connectivity index (χ4v) is 4.21. The zero-order valence-electron chi connectivity index (χ0n) is 16.6. The van der Waals surface area contributed by atoms with Crippen molar-refractivity contribution in [3.8, 4) is 5.75 Å². The fourth-order valence-electron chi connectivity index (χ4n) is 3.57. The molecule has 2 aromatic carbocycles. The van der Waals surface area contributed by atoms with Crippen LogP contribution in [0.25, 0.3) is 0 Å². The van der Waals surface area contributed by atoms with E-state index in [1.807, 2.05) is 36.9 Å². The van der Waals surface area contributed by atoms with Crippen LogP contribution in [0.15, 0.2) is 53.4 Å². The van der Waals surface area contributed by atoms with Crippen LogP contribution in [0, 0.1) is 5.92 Å². The minimum atomic E-state index is -3.41. The van der Waals surface area contributed by atoms with Gasteiger partial charge in [-0.1, -0.05) is 30.3 Å². The molecule has 1 unspecified atom stereocenters. The lowest BCUT2D eigenvalue weighted by atomic mass is 9.99. The molecule has 1 amide bonds. The zero-order chi connectivity index (χ0) is 20.3. The van der Waals surface area contributed by atoms with Crippen LogP contribution >= 0.6 is 0 Å². The molecule has 1 aliphatic heterocycles. The summed E-state index contributed by atoms with van der Waals surface area (Å²) < 4.78 is 29.7. The molecule has 0 bridgehead atoms. The number of sulfone groups is 1. The lowest BCUT2D eigenvalue weighted by Gasteiger charge is -2.20. The van der Waals surface area contributed by atoms with E-state index in [1.165, 1.54) is 17.7 Å². The van der Waals surface area contributed by atoms with Crippen molar-refractivity contribution in [2.45, 2.75) is 37.7 Å². The van der Waals surface area contributed by atoms with Gasteiger partial charge in [0.05, 0.1) is 16.6 Å². The second-order valence-corrected chi connectivity index (χ2v) is 9.71. The minimum absolute atomic E-state index is 0.111. The topological polar surface area (TPSA) is 63.7 Å². The third kappa shape index (κ3) is 4.93. The Balaban J connectivity index is 1.81. The summed E-state index contributed by atoms with van der Waals surface area (Å²) in [4.78, 5) is 15.1. The number of ether oxygens (including phenoxy) is 1. The Labute approximate surface area is 167 Å². The van der Waals surface area contributed by atoms with Crippen molar-refractivity contribution in [1.82, 2.24) is 4.90 Å². The van der Waals surface area contributed by atoms with Gasteiger partial charge in [0.1, 0.15) is 5.75 Å². The third-order valence-electron chi connectivity index (χ3n) is 4.91. The van der Waals surface area contributed by atoms with E-state index in [2.05, 4.69) is 12.1 Å². The van der Waals surface area contributed by atoms with E-state index in [-0.39, 0.29) is 16.9 Å². The first-order chi connectivity index (χ1) is 13.2. The number of hydrogen-bond donors (Lipinski definition) is 0. The van der Waals surface area contributed by atoms with E-state index < -0.39 is 9.84 Å². The molecule has 1 saturated heterocycles. The smallest absolute Gasteiger partial charge is 0.257 e. The molecule has 0 aromatic heterocycles. The number of hydrogen-bond acceptors (Lipinski definition) is 4. The summed E-state index contributed by atoms with van der Waals surface area (Å²) in [6.45, 7) is 5.09. The zero-order valence-corrected chi connectivity index (χ0v) is 17.4. The highest BCUT2D eigenvalue weighted by molar-refractivity contribution is 7.90. The van der Waals surface area contributed by atoms with Crippen molar-refractivity contribution >= 4 is 15.7 Å². The standard InChI is InChI=1S/C22H27NO4S/c1-16(2)27-21-10-9-19(28(3,25)26)14-20(21)22(24)23-12-11-18(15-23)13-17-7-5-4-6-8-17/h4-10,14,16,18H,11-13,15H2,1-3H3. The van der Waals surface area contributed by atoms with E-state index in [0.29, 0.717) is 30.3 Å². The summed E-state index contributed by atoms with van der Waals surface area (Å²) in [5.74, 6) is 0.662. The van der Waals surface area contributed by atoms with Crippen LogP contribution in [0.2, 0.25) is 0 Å². The number of amides is 1. The Morgan fingerprint density at radius 1 is 1.18 bits per heavy atom. The molecular weight excluding hydrogens is 374 g/mol.